The number of aromatic amines is 1. The van der Waals surface area contributed by atoms with Crippen LogP contribution in [0.2, 0.25) is 5.02 Å². The molecule has 0 radical (unpaired) electrons. The van der Waals surface area contributed by atoms with Gasteiger partial charge in [0.25, 0.3) is 5.91 Å². The van der Waals surface area contributed by atoms with E-state index in [1.165, 1.54) is 0 Å². The molecule has 1 heterocycles. The number of amides is 1. The summed E-state index contributed by atoms with van der Waals surface area (Å²) in [7, 11) is 0. The second-order valence-corrected chi connectivity index (χ2v) is 7.93. The van der Waals surface area contributed by atoms with Gasteiger partial charge in [-0.15, -0.1) is 0 Å². The first-order valence-electron chi connectivity index (χ1n) is 9.55. The van der Waals surface area contributed by atoms with Crippen LogP contribution in [0.25, 0.3) is 10.9 Å². The Morgan fingerprint density at radius 2 is 2.00 bits per heavy atom. The zero-order valence-electron chi connectivity index (χ0n) is 15.5. The van der Waals surface area contributed by atoms with Crippen molar-refractivity contribution in [1.29, 1.82) is 0 Å². The van der Waals surface area contributed by atoms with Crippen LogP contribution in [0.5, 0.6) is 0 Å². The monoisotopic (exact) mass is 397 g/mol. The topological polar surface area (TPSA) is 80.1 Å². The average molecular weight is 398 g/mol. The van der Waals surface area contributed by atoms with E-state index in [0.717, 1.165) is 29.3 Å². The Hall–Kier alpha value is -2.34. The molecule has 1 amide bonds. The molecule has 1 aromatic heterocycles. The Labute approximate surface area is 169 Å². The summed E-state index contributed by atoms with van der Waals surface area (Å²) in [5.41, 5.74) is 8.84. The van der Waals surface area contributed by atoms with Gasteiger partial charge in [-0.2, -0.15) is 0 Å². The predicted octanol–water partition coefficient (Wildman–Crippen LogP) is 3.87. The number of carbonyl (C=O) groups is 1. The van der Waals surface area contributed by atoms with Crippen molar-refractivity contribution in [2.24, 2.45) is 11.7 Å². The smallest absolute Gasteiger partial charge is 0.268 e. The molecule has 0 saturated heterocycles. The molecule has 1 aliphatic carbocycles. The fourth-order valence-corrected chi connectivity index (χ4v) is 4.05. The number of nitrogens with one attached hydrogen (secondary N) is 2. The lowest BCUT2D eigenvalue weighted by Crippen LogP contribution is -2.44. The fraction of sp³-hybridized carbons (Fsp3) is 0.318. The number of halogens is 1. The number of aromatic nitrogens is 1. The van der Waals surface area contributed by atoms with Gasteiger partial charge in [-0.05, 0) is 48.6 Å². The average Bonchev–Trinajstić information content (AvgIpc) is 3.26. The minimum absolute atomic E-state index is 0.0483. The largest absolute Gasteiger partial charge is 0.376 e. The number of H-pyrrole nitrogens is 1. The van der Waals surface area contributed by atoms with Gasteiger partial charge in [0, 0.05) is 34.6 Å². The first-order chi connectivity index (χ1) is 13.6. The molecule has 1 saturated carbocycles. The normalized spacial score (nSPS) is 21.9. The van der Waals surface area contributed by atoms with E-state index in [2.05, 4.69) is 22.4 Å². The highest BCUT2D eigenvalue weighted by Gasteiger charge is 2.33. The summed E-state index contributed by atoms with van der Waals surface area (Å²) in [6.45, 7) is 1.25. The molecule has 0 spiro atoms. The van der Waals surface area contributed by atoms with E-state index in [-0.39, 0.29) is 18.0 Å². The number of rotatable bonds is 6. The summed E-state index contributed by atoms with van der Waals surface area (Å²) >= 11 is 6.02. The second kappa shape index (κ2) is 8.35. The highest BCUT2D eigenvalue weighted by molar-refractivity contribution is 6.31. The maximum Gasteiger partial charge on any atom is 0.268 e. The summed E-state index contributed by atoms with van der Waals surface area (Å²) in [6, 6.07) is 17.3. The van der Waals surface area contributed by atoms with E-state index >= 15 is 0 Å². The van der Waals surface area contributed by atoms with E-state index < -0.39 is 0 Å². The number of nitrogens with two attached hydrogens (primary N) is 1. The van der Waals surface area contributed by atoms with Crippen LogP contribution in [-0.2, 0) is 11.3 Å². The van der Waals surface area contributed by atoms with E-state index in [4.69, 9.17) is 22.1 Å². The molecule has 1 aliphatic rings. The van der Waals surface area contributed by atoms with Crippen LogP contribution in [0, 0.1) is 5.92 Å². The standard InChI is InChI=1S/C22H24ClN3O2/c23-17-6-7-19-16(10-17)11-21(25-19)22(27)26-20-9-15(8-18(20)24)13-28-12-14-4-2-1-3-5-14/h1-7,10-11,15,18,20,25H,8-9,12-13,24H2,(H,26,27)/t15-,18+,20+/m0/s1. The molecular formula is C22H24ClN3O2. The van der Waals surface area contributed by atoms with Crippen LogP contribution >= 0.6 is 11.6 Å². The number of hydrogen-bond donors (Lipinski definition) is 3. The highest BCUT2D eigenvalue weighted by atomic mass is 35.5. The van der Waals surface area contributed by atoms with E-state index in [1.54, 1.807) is 6.07 Å². The van der Waals surface area contributed by atoms with Crippen LogP contribution in [0.1, 0.15) is 28.9 Å². The van der Waals surface area contributed by atoms with Crippen molar-refractivity contribution in [3.8, 4) is 0 Å². The molecule has 1 fully saturated rings. The van der Waals surface area contributed by atoms with Gasteiger partial charge < -0.3 is 20.8 Å². The third-order valence-electron chi connectivity index (χ3n) is 5.32. The third kappa shape index (κ3) is 4.38. The lowest BCUT2D eigenvalue weighted by atomic mass is 10.1. The molecule has 4 rings (SSSR count). The maximum absolute atomic E-state index is 12.6. The number of benzene rings is 2. The third-order valence-corrected chi connectivity index (χ3v) is 5.55. The molecule has 3 aromatic rings. The van der Waals surface area contributed by atoms with Crippen LogP contribution < -0.4 is 11.1 Å². The molecule has 4 N–H and O–H groups in total. The summed E-state index contributed by atoms with van der Waals surface area (Å²) in [5.74, 6) is 0.212. The molecule has 0 bridgehead atoms. The molecule has 146 valence electrons. The van der Waals surface area contributed by atoms with Crippen LogP contribution in [0.15, 0.2) is 54.6 Å². The second-order valence-electron chi connectivity index (χ2n) is 7.50. The highest BCUT2D eigenvalue weighted by Crippen LogP contribution is 2.26. The summed E-state index contributed by atoms with van der Waals surface area (Å²) < 4.78 is 5.85. The van der Waals surface area contributed by atoms with Crippen molar-refractivity contribution in [2.75, 3.05) is 6.61 Å². The minimum Gasteiger partial charge on any atom is -0.376 e. The number of hydrogen-bond acceptors (Lipinski definition) is 3. The summed E-state index contributed by atoms with van der Waals surface area (Å²) in [5, 5.41) is 4.64. The Bertz CT molecular complexity index is 957. The van der Waals surface area contributed by atoms with Crippen molar-refractivity contribution in [1.82, 2.24) is 10.3 Å². The Morgan fingerprint density at radius 1 is 1.18 bits per heavy atom. The number of carbonyl (C=O) groups excluding carboxylic acids is 1. The van der Waals surface area contributed by atoms with Gasteiger partial charge in [-0.3, -0.25) is 4.79 Å². The quantitative estimate of drug-likeness (QED) is 0.590. The van der Waals surface area contributed by atoms with Gasteiger partial charge in [0.05, 0.1) is 6.61 Å². The SMILES string of the molecule is N[C@@H]1C[C@H](COCc2ccccc2)C[C@H]1NC(=O)c1cc2cc(Cl)ccc2[nH]1. The van der Waals surface area contributed by atoms with Gasteiger partial charge in [0.15, 0.2) is 0 Å². The van der Waals surface area contributed by atoms with E-state index in [1.807, 2.05) is 36.4 Å². The molecule has 6 heteroatoms. The molecule has 2 aromatic carbocycles. The molecular weight excluding hydrogens is 374 g/mol. The Balaban J connectivity index is 1.31. The van der Waals surface area contributed by atoms with Crippen LogP contribution in [0.4, 0.5) is 0 Å². The van der Waals surface area contributed by atoms with Gasteiger partial charge in [0.2, 0.25) is 0 Å². The van der Waals surface area contributed by atoms with Crippen molar-refractivity contribution >= 4 is 28.4 Å². The predicted molar refractivity (Wildman–Crippen MR) is 111 cm³/mol. The first-order valence-corrected chi connectivity index (χ1v) is 9.92. The Morgan fingerprint density at radius 3 is 2.82 bits per heavy atom. The van der Waals surface area contributed by atoms with Crippen molar-refractivity contribution in [3.05, 3.63) is 70.9 Å². The Kier molecular flexibility index (Phi) is 5.67. The van der Waals surface area contributed by atoms with Gasteiger partial charge in [-0.1, -0.05) is 41.9 Å². The van der Waals surface area contributed by atoms with Crippen molar-refractivity contribution < 1.29 is 9.53 Å². The molecule has 0 aliphatic heterocycles. The van der Waals surface area contributed by atoms with Crippen LogP contribution in [0.3, 0.4) is 0 Å². The van der Waals surface area contributed by atoms with Gasteiger partial charge in [-0.25, -0.2) is 0 Å². The summed E-state index contributed by atoms with van der Waals surface area (Å²) in [6.07, 6.45) is 1.68. The molecule has 0 unspecified atom stereocenters. The molecule has 28 heavy (non-hydrogen) atoms. The first kappa shape index (κ1) is 19.0. The van der Waals surface area contributed by atoms with E-state index in [0.29, 0.717) is 29.8 Å². The van der Waals surface area contributed by atoms with Crippen molar-refractivity contribution in [3.63, 3.8) is 0 Å². The maximum atomic E-state index is 12.6. The van der Waals surface area contributed by atoms with Crippen LogP contribution in [-0.4, -0.2) is 29.6 Å². The molecule has 5 nitrogen and oxygen atoms in total. The number of fused-ring (bicyclic) bond motifs is 1. The lowest BCUT2D eigenvalue weighted by molar-refractivity contribution is 0.0860. The lowest BCUT2D eigenvalue weighted by Gasteiger charge is -2.16. The zero-order valence-corrected chi connectivity index (χ0v) is 16.3. The van der Waals surface area contributed by atoms with Gasteiger partial charge >= 0.3 is 0 Å². The van der Waals surface area contributed by atoms with Gasteiger partial charge in [0.1, 0.15) is 5.69 Å². The number of ether oxygens (including phenoxy) is 1. The molecule has 3 atom stereocenters. The van der Waals surface area contributed by atoms with E-state index in [9.17, 15) is 4.79 Å². The zero-order chi connectivity index (χ0) is 19.5. The minimum atomic E-state index is -0.140. The summed E-state index contributed by atoms with van der Waals surface area (Å²) in [4.78, 5) is 15.8. The fourth-order valence-electron chi connectivity index (χ4n) is 3.87. The van der Waals surface area contributed by atoms with Crippen molar-refractivity contribution in [2.45, 2.75) is 31.5 Å².